The number of rotatable bonds is 6. The van der Waals surface area contributed by atoms with E-state index in [4.69, 9.17) is 9.47 Å². The van der Waals surface area contributed by atoms with E-state index in [0.29, 0.717) is 17.7 Å². The summed E-state index contributed by atoms with van der Waals surface area (Å²) in [7, 11) is -4.66. The van der Waals surface area contributed by atoms with Crippen molar-refractivity contribution in [2.75, 3.05) is 4.90 Å². The Labute approximate surface area is 226 Å². The predicted molar refractivity (Wildman–Crippen MR) is 132 cm³/mol. The number of hydrogen-bond acceptors (Lipinski definition) is 7. The summed E-state index contributed by atoms with van der Waals surface area (Å²) < 4.78 is 89.9. The Hall–Kier alpha value is -3.88. The minimum atomic E-state index is -4.66. The number of alkyl halides is 3. The molecule has 0 aliphatic carbocycles. The summed E-state index contributed by atoms with van der Waals surface area (Å²) in [5.74, 6) is -4.12. The molecule has 0 saturated heterocycles. The highest BCUT2D eigenvalue weighted by Gasteiger charge is 2.42. The lowest BCUT2D eigenvalue weighted by atomic mass is 10.1. The van der Waals surface area contributed by atoms with Gasteiger partial charge in [0.05, 0.1) is 29.1 Å². The highest BCUT2D eigenvalue weighted by atomic mass is 32.2. The molecule has 0 spiro atoms. The fraction of sp³-hybridized carbons (Fsp3) is 0.400. The van der Waals surface area contributed by atoms with Crippen LogP contribution in [0.15, 0.2) is 41.3 Å². The molecular formula is C25H26F4N2O8S. The third-order valence-corrected chi connectivity index (χ3v) is 7.60. The fourth-order valence-corrected chi connectivity index (χ4v) is 5.33. The number of amides is 2. The molecule has 218 valence electrons. The summed E-state index contributed by atoms with van der Waals surface area (Å²) in [6.07, 6.45) is -8.67. The van der Waals surface area contributed by atoms with E-state index in [1.807, 2.05) is 0 Å². The van der Waals surface area contributed by atoms with Gasteiger partial charge >= 0.3 is 18.2 Å². The second-order valence-corrected chi connectivity index (χ2v) is 12.0. The Morgan fingerprint density at radius 3 is 2.27 bits per heavy atom. The van der Waals surface area contributed by atoms with E-state index in [1.165, 1.54) is 45.0 Å². The summed E-state index contributed by atoms with van der Waals surface area (Å²) in [4.78, 5) is 37.4. The minimum Gasteiger partial charge on any atom is -0.481 e. The maximum absolute atomic E-state index is 14.6. The molecule has 0 saturated carbocycles. The molecule has 15 heteroatoms. The van der Waals surface area contributed by atoms with Crippen LogP contribution in [0.5, 0.6) is 5.75 Å². The van der Waals surface area contributed by atoms with Crippen molar-refractivity contribution in [1.82, 2.24) is 5.32 Å². The molecule has 1 heterocycles. The van der Waals surface area contributed by atoms with E-state index < -0.39 is 79.4 Å². The molecule has 2 amide bonds. The number of aromatic carboxylic acids is 1. The zero-order valence-corrected chi connectivity index (χ0v) is 22.5. The maximum Gasteiger partial charge on any atom is 0.425 e. The highest BCUT2D eigenvalue weighted by Crippen LogP contribution is 2.36. The molecule has 0 fully saturated rings. The van der Waals surface area contributed by atoms with Gasteiger partial charge in [0.15, 0.2) is 6.10 Å². The van der Waals surface area contributed by atoms with Crippen molar-refractivity contribution in [3.05, 3.63) is 53.3 Å². The summed E-state index contributed by atoms with van der Waals surface area (Å²) in [6.45, 7) is 5.03. The van der Waals surface area contributed by atoms with Crippen LogP contribution < -0.4 is 15.0 Å². The number of carboxylic acids is 1. The van der Waals surface area contributed by atoms with Crippen LogP contribution in [0.2, 0.25) is 0 Å². The molecule has 40 heavy (non-hydrogen) atoms. The number of nitrogens with zero attached hydrogens (tertiary/aromatic N) is 1. The molecule has 0 bridgehead atoms. The summed E-state index contributed by atoms with van der Waals surface area (Å²) in [6, 6.07) is 6.21. The third-order valence-electron chi connectivity index (χ3n) is 5.63. The summed E-state index contributed by atoms with van der Waals surface area (Å²) in [5.41, 5.74) is -2.08. The van der Waals surface area contributed by atoms with Crippen LogP contribution in [0.25, 0.3) is 0 Å². The van der Waals surface area contributed by atoms with Gasteiger partial charge < -0.3 is 24.8 Å². The molecule has 3 rings (SSSR count). The number of carboxylic acid groups (broad SMARTS) is 1. The van der Waals surface area contributed by atoms with E-state index >= 15 is 0 Å². The van der Waals surface area contributed by atoms with Crippen molar-refractivity contribution in [3.63, 3.8) is 0 Å². The summed E-state index contributed by atoms with van der Waals surface area (Å²) in [5, 5.41) is 9.62. The first-order valence-electron chi connectivity index (χ1n) is 11.7. The van der Waals surface area contributed by atoms with E-state index in [-0.39, 0.29) is 12.3 Å². The molecule has 2 N–H and O–H groups in total. The van der Waals surface area contributed by atoms with Gasteiger partial charge in [0.25, 0.3) is 0 Å². The van der Waals surface area contributed by atoms with Crippen molar-refractivity contribution in [2.24, 2.45) is 0 Å². The van der Waals surface area contributed by atoms with Crippen molar-refractivity contribution < 1.29 is 54.9 Å². The number of alkyl carbamates (subject to hydrolysis) is 1. The number of hydrogen-bond donors (Lipinski definition) is 2. The fourth-order valence-electron chi connectivity index (χ4n) is 3.68. The van der Waals surface area contributed by atoms with E-state index in [2.05, 4.69) is 5.32 Å². The number of anilines is 1. The average Bonchev–Trinajstić information content (AvgIpc) is 2.87. The molecule has 0 aromatic heterocycles. The molecule has 2 aromatic rings. The largest absolute Gasteiger partial charge is 0.481 e. The van der Waals surface area contributed by atoms with Crippen LogP contribution in [0, 0.1) is 5.82 Å². The van der Waals surface area contributed by atoms with Crippen LogP contribution >= 0.6 is 0 Å². The first kappa shape index (κ1) is 30.7. The maximum atomic E-state index is 14.6. The molecule has 0 radical (unpaired) electrons. The van der Waals surface area contributed by atoms with Crippen LogP contribution in [-0.2, 0) is 25.9 Å². The molecular weight excluding hydrogens is 564 g/mol. The molecule has 1 unspecified atom stereocenters. The molecule has 10 nitrogen and oxygen atoms in total. The van der Waals surface area contributed by atoms with Crippen LogP contribution in [-0.4, -0.2) is 54.7 Å². The minimum absolute atomic E-state index is 0.129. The van der Waals surface area contributed by atoms with Crippen molar-refractivity contribution in [2.45, 2.75) is 68.8 Å². The van der Waals surface area contributed by atoms with E-state index in [1.54, 1.807) is 0 Å². The SMILES string of the molecule is C[C@@H](Oc1ccc(CN2C(=O)CC(NC(=O)OC(C)(C)C)S(=O)(=O)c3cc(F)c(C(=O)O)cc32)cc1)C(F)(F)F. The van der Waals surface area contributed by atoms with E-state index in [9.17, 15) is 45.5 Å². The second kappa shape index (κ2) is 10.9. The zero-order valence-electron chi connectivity index (χ0n) is 21.7. The first-order valence-corrected chi connectivity index (χ1v) is 13.3. The monoisotopic (exact) mass is 590 g/mol. The third kappa shape index (κ3) is 7.00. The molecule has 2 atom stereocenters. The Morgan fingerprint density at radius 1 is 1.15 bits per heavy atom. The van der Waals surface area contributed by atoms with Gasteiger partial charge in [0, 0.05) is 0 Å². The lowest BCUT2D eigenvalue weighted by molar-refractivity contribution is -0.189. The lowest BCUT2D eigenvalue weighted by Gasteiger charge is -2.23. The number of sulfone groups is 1. The van der Waals surface area contributed by atoms with Gasteiger partial charge in [-0.3, -0.25) is 4.79 Å². The Bertz CT molecular complexity index is 1420. The number of benzene rings is 2. The smallest absolute Gasteiger partial charge is 0.425 e. The lowest BCUT2D eigenvalue weighted by Crippen LogP contribution is -2.44. The van der Waals surface area contributed by atoms with Gasteiger partial charge in [-0.25, -0.2) is 22.4 Å². The molecule has 2 aromatic carbocycles. The Kier molecular flexibility index (Phi) is 8.39. The quantitative estimate of drug-likeness (QED) is 0.472. The van der Waals surface area contributed by atoms with Crippen molar-refractivity contribution in [3.8, 4) is 5.75 Å². The van der Waals surface area contributed by atoms with Gasteiger partial charge in [-0.1, -0.05) is 12.1 Å². The highest BCUT2D eigenvalue weighted by molar-refractivity contribution is 7.92. The Morgan fingerprint density at radius 2 is 1.75 bits per heavy atom. The van der Waals surface area contributed by atoms with Gasteiger partial charge in [0.2, 0.25) is 15.7 Å². The number of carbonyl (C=O) groups is 3. The Balaban J connectivity index is 2.03. The first-order chi connectivity index (χ1) is 18.3. The number of fused-ring (bicyclic) bond motifs is 1. The normalized spacial score (nSPS) is 17.9. The number of halogens is 4. The van der Waals surface area contributed by atoms with Gasteiger partial charge in [-0.05, 0) is 57.5 Å². The van der Waals surface area contributed by atoms with Gasteiger partial charge in [0.1, 0.15) is 22.5 Å². The van der Waals surface area contributed by atoms with Gasteiger partial charge in [-0.2, -0.15) is 13.2 Å². The zero-order chi connectivity index (χ0) is 30.2. The standard InChI is InChI=1S/C25H26F4N2O8S/c1-13(25(27,28)29)38-15-7-5-14(6-8-15)12-31-18-9-16(22(33)34)17(26)10-19(18)40(36,37)20(11-21(31)32)30-23(35)39-24(2,3)4/h5-10,13,20H,11-12H2,1-4H3,(H,30,35)(H,33,34)/t13-,20?/m1/s1. The van der Waals surface area contributed by atoms with Crippen LogP contribution in [0.3, 0.4) is 0 Å². The predicted octanol–water partition coefficient (Wildman–Crippen LogP) is 4.41. The number of ether oxygens (including phenoxy) is 2. The second-order valence-electron chi connectivity index (χ2n) is 9.91. The number of carbonyl (C=O) groups excluding carboxylic acids is 2. The van der Waals surface area contributed by atoms with Crippen molar-refractivity contribution >= 4 is 33.5 Å². The molecule has 1 aliphatic rings. The van der Waals surface area contributed by atoms with Crippen molar-refractivity contribution in [1.29, 1.82) is 0 Å². The summed E-state index contributed by atoms with van der Waals surface area (Å²) >= 11 is 0. The topological polar surface area (TPSA) is 139 Å². The number of nitrogens with one attached hydrogen (secondary N) is 1. The van der Waals surface area contributed by atoms with Crippen LogP contribution in [0.4, 0.5) is 28.0 Å². The van der Waals surface area contributed by atoms with Gasteiger partial charge in [-0.15, -0.1) is 0 Å². The average molecular weight is 591 g/mol. The van der Waals surface area contributed by atoms with Crippen LogP contribution in [0.1, 0.15) is 50.0 Å². The van der Waals surface area contributed by atoms with E-state index in [0.717, 1.165) is 11.8 Å². The molecule has 1 aliphatic heterocycles.